The first-order chi connectivity index (χ1) is 12.2. The zero-order chi connectivity index (χ0) is 17.2. The van der Waals surface area contributed by atoms with E-state index in [4.69, 9.17) is 9.26 Å². The minimum Gasteiger partial charge on any atom is -0.377 e. The van der Waals surface area contributed by atoms with E-state index >= 15 is 0 Å². The van der Waals surface area contributed by atoms with Crippen molar-refractivity contribution >= 4 is 5.91 Å². The molecule has 128 valence electrons. The maximum Gasteiger partial charge on any atom is 0.254 e. The highest BCUT2D eigenvalue weighted by atomic mass is 16.5. The van der Waals surface area contributed by atoms with Gasteiger partial charge in [-0.05, 0) is 24.3 Å². The number of benzene rings is 1. The molecule has 1 amide bonds. The van der Waals surface area contributed by atoms with Crippen molar-refractivity contribution in [3.05, 3.63) is 60.2 Å². The number of carbonyl (C=O) groups excluding carboxylic acids is 1. The average Bonchev–Trinajstić information content (AvgIpc) is 3.33. The molecular formula is C18H18N4O3. The van der Waals surface area contributed by atoms with Crippen LogP contribution in [0.5, 0.6) is 0 Å². The number of rotatable bonds is 3. The van der Waals surface area contributed by atoms with Gasteiger partial charge in [-0.2, -0.15) is 4.98 Å². The van der Waals surface area contributed by atoms with Crippen LogP contribution in [0, 0.1) is 0 Å². The molecule has 3 heterocycles. The number of aromatic nitrogens is 3. The second-order valence-corrected chi connectivity index (χ2v) is 5.97. The Morgan fingerprint density at radius 2 is 2.08 bits per heavy atom. The summed E-state index contributed by atoms with van der Waals surface area (Å²) < 4.78 is 12.4. The van der Waals surface area contributed by atoms with Crippen LogP contribution >= 0.6 is 0 Å². The Bertz CT molecular complexity index is 855. The van der Waals surface area contributed by atoms with Gasteiger partial charge in [0.05, 0.1) is 19.3 Å². The molecule has 7 nitrogen and oxygen atoms in total. The van der Waals surface area contributed by atoms with E-state index < -0.39 is 0 Å². The first-order valence-electron chi connectivity index (χ1n) is 8.11. The maximum absolute atomic E-state index is 13.0. The van der Waals surface area contributed by atoms with Crippen molar-refractivity contribution in [2.24, 2.45) is 7.05 Å². The van der Waals surface area contributed by atoms with E-state index in [2.05, 4.69) is 10.1 Å². The lowest BCUT2D eigenvalue weighted by Crippen LogP contribution is -2.44. The molecular weight excluding hydrogens is 320 g/mol. The molecule has 0 radical (unpaired) electrons. The molecule has 0 aliphatic carbocycles. The minimum absolute atomic E-state index is 0.00541. The lowest BCUT2D eigenvalue weighted by Gasteiger charge is -2.36. The average molecular weight is 338 g/mol. The van der Waals surface area contributed by atoms with Crippen molar-refractivity contribution in [1.29, 1.82) is 0 Å². The van der Waals surface area contributed by atoms with E-state index in [1.807, 2.05) is 47.0 Å². The highest BCUT2D eigenvalue weighted by Crippen LogP contribution is 2.26. The van der Waals surface area contributed by atoms with Gasteiger partial charge in [0.25, 0.3) is 5.91 Å². The second-order valence-electron chi connectivity index (χ2n) is 5.97. The molecule has 1 aliphatic rings. The zero-order valence-electron chi connectivity index (χ0n) is 13.8. The molecule has 3 aromatic rings. The summed E-state index contributed by atoms with van der Waals surface area (Å²) in [5, 5.41) is 3.81. The summed E-state index contributed by atoms with van der Waals surface area (Å²) >= 11 is 0. The fraction of sp³-hybridized carbons (Fsp3) is 0.278. The van der Waals surface area contributed by atoms with Crippen molar-refractivity contribution < 1.29 is 14.1 Å². The number of carbonyl (C=O) groups is 1. The molecule has 7 heteroatoms. The molecule has 2 aromatic heterocycles. The molecule has 1 atom stereocenters. The Kier molecular flexibility index (Phi) is 4.07. The number of aryl methyl sites for hydroxylation is 1. The van der Waals surface area contributed by atoms with Crippen molar-refractivity contribution in [3.63, 3.8) is 0 Å². The van der Waals surface area contributed by atoms with Crippen LogP contribution in [0.25, 0.3) is 11.4 Å². The molecule has 0 N–H and O–H groups in total. The molecule has 0 spiro atoms. The standard InChI is InChI=1S/C18H18N4O3/c1-21-8-2-3-15(21)16-11-24-10-9-22(16)18(23)14-6-4-13(5-7-14)17-19-12-25-20-17/h2-8,12,16H,9-11H2,1H3. The Morgan fingerprint density at radius 3 is 2.76 bits per heavy atom. The van der Waals surface area contributed by atoms with Gasteiger partial charge in [0.1, 0.15) is 0 Å². The highest BCUT2D eigenvalue weighted by molar-refractivity contribution is 5.95. The smallest absolute Gasteiger partial charge is 0.254 e. The van der Waals surface area contributed by atoms with Crippen LogP contribution in [-0.4, -0.2) is 45.3 Å². The largest absolute Gasteiger partial charge is 0.377 e. The van der Waals surface area contributed by atoms with Gasteiger partial charge in [0.15, 0.2) is 0 Å². The summed E-state index contributed by atoms with van der Waals surface area (Å²) in [4.78, 5) is 18.9. The summed E-state index contributed by atoms with van der Waals surface area (Å²) in [5.74, 6) is 0.501. The van der Waals surface area contributed by atoms with Gasteiger partial charge in [-0.15, -0.1) is 0 Å². The lowest BCUT2D eigenvalue weighted by molar-refractivity contribution is -0.00463. The monoisotopic (exact) mass is 338 g/mol. The molecule has 4 rings (SSSR count). The summed E-state index contributed by atoms with van der Waals surface area (Å²) in [5.41, 5.74) is 2.51. The van der Waals surface area contributed by atoms with Gasteiger partial charge in [-0.3, -0.25) is 4.79 Å². The predicted molar refractivity (Wildman–Crippen MR) is 89.7 cm³/mol. The van der Waals surface area contributed by atoms with Gasteiger partial charge < -0.3 is 18.7 Å². The van der Waals surface area contributed by atoms with Gasteiger partial charge in [0.2, 0.25) is 12.2 Å². The Balaban J connectivity index is 1.59. The summed E-state index contributed by atoms with van der Waals surface area (Å²) in [6.45, 7) is 1.62. The Hall–Kier alpha value is -2.93. The molecule has 1 aliphatic heterocycles. The quantitative estimate of drug-likeness (QED) is 0.732. The zero-order valence-corrected chi connectivity index (χ0v) is 13.8. The molecule has 1 fully saturated rings. The van der Waals surface area contributed by atoms with Crippen LogP contribution in [0.15, 0.2) is 53.5 Å². The topological polar surface area (TPSA) is 73.4 Å². The van der Waals surface area contributed by atoms with E-state index in [9.17, 15) is 4.79 Å². The van der Waals surface area contributed by atoms with Gasteiger partial charge in [0, 0.05) is 36.6 Å². The van der Waals surface area contributed by atoms with Crippen molar-refractivity contribution in [2.45, 2.75) is 6.04 Å². The van der Waals surface area contributed by atoms with Crippen LogP contribution < -0.4 is 0 Å². The number of ether oxygens (including phenoxy) is 1. The molecule has 25 heavy (non-hydrogen) atoms. The summed E-state index contributed by atoms with van der Waals surface area (Å²) in [6, 6.07) is 11.2. The van der Waals surface area contributed by atoms with Gasteiger partial charge >= 0.3 is 0 Å². The van der Waals surface area contributed by atoms with E-state index in [0.717, 1.165) is 11.3 Å². The lowest BCUT2D eigenvalue weighted by atomic mass is 10.1. The molecule has 0 bridgehead atoms. The minimum atomic E-state index is -0.0851. The molecule has 1 saturated heterocycles. The van der Waals surface area contributed by atoms with Crippen LogP contribution in [-0.2, 0) is 11.8 Å². The van der Waals surface area contributed by atoms with Gasteiger partial charge in [-0.1, -0.05) is 17.3 Å². The van der Waals surface area contributed by atoms with E-state index in [-0.39, 0.29) is 11.9 Å². The number of amides is 1. The molecule has 0 saturated carbocycles. The van der Waals surface area contributed by atoms with Crippen LogP contribution in [0.4, 0.5) is 0 Å². The van der Waals surface area contributed by atoms with Gasteiger partial charge in [-0.25, -0.2) is 0 Å². The third kappa shape index (κ3) is 2.94. The first kappa shape index (κ1) is 15.6. The van der Waals surface area contributed by atoms with Crippen molar-refractivity contribution in [1.82, 2.24) is 19.6 Å². The first-order valence-corrected chi connectivity index (χ1v) is 8.11. The predicted octanol–water partition coefficient (Wildman–Crippen LogP) is 2.29. The summed E-state index contributed by atoms with van der Waals surface area (Å²) in [6.07, 6.45) is 3.26. The fourth-order valence-corrected chi connectivity index (χ4v) is 3.14. The number of nitrogens with zero attached hydrogens (tertiary/aromatic N) is 4. The van der Waals surface area contributed by atoms with Crippen LogP contribution in [0.1, 0.15) is 22.1 Å². The Morgan fingerprint density at radius 1 is 1.24 bits per heavy atom. The Labute approximate surface area is 144 Å². The van der Waals surface area contributed by atoms with Crippen LogP contribution in [0.2, 0.25) is 0 Å². The highest BCUT2D eigenvalue weighted by Gasteiger charge is 2.30. The molecule has 1 unspecified atom stereocenters. The van der Waals surface area contributed by atoms with E-state index in [1.165, 1.54) is 6.39 Å². The number of hydrogen-bond acceptors (Lipinski definition) is 5. The third-order valence-corrected chi connectivity index (χ3v) is 4.47. The third-order valence-electron chi connectivity index (χ3n) is 4.47. The molecule has 1 aromatic carbocycles. The van der Waals surface area contributed by atoms with Crippen molar-refractivity contribution in [3.8, 4) is 11.4 Å². The second kappa shape index (κ2) is 6.52. The SMILES string of the molecule is Cn1cccc1C1COCCN1C(=O)c1ccc(-c2ncon2)cc1. The van der Waals surface area contributed by atoms with Crippen LogP contribution in [0.3, 0.4) is 0 Å². The fourth-order valence-electron chi connectivity index (χ4n) is 3.14. The van der Waals surface area contributed by atoms with Crippen molar-refractivity contribution in [2.75, 3.05) is 19.8 Å². The van der Waals surface area contributed by atoms with E-state index in [0.29, 0.717) is 31.1 Å². The maximum atomic E-state index is 13.0. The number of hydrogen-bond donors (Lipinski definition) is 0. The summed E-state index contributed by atoms with van der Waals surface area (Å²) in [7, 11) is 1.98. The normalized spacial score (nSPS) is 17.6. The van der Waals surface area contributed by atoms with E-state index in [1.54, 1.807) is 12.1 Å². The number of morpholine rings is 1.